The Morgan fingerprint density at radius 3 is 2.70 bits per heavy atom. The number of anilines is 1. The van der Waals surface area contributed by atoms with Crippen LogP contribution in [0.2, 0.25) is 0 Å². The summed E-state index contributed by atoms with van der Waals surface area (Å²) in [6, 6.07) is 1.97. The molecule has 1 aliphatic rings. The third-order valence-electron chi connectivity index (χ3n) is 3.94. The molecule has 1 aromatic rings. The molecule has 5 heteroatoms. The zero-order valence-electron chi connectivity index (χ0n) is 12.5. The fourth-order valence-electron chi connectivity index (χ4n) is 2.65. The zero-order valence-corrected chi connectivity index (χ0v) is 14.1. The predicted molar refractivity (Wildman–Crippen MR) is 87.1 cm³/mol. The number of aromatic nitrogens is 2. The molecule has 0 saturated carbocycles. The van der Waals surface area contributed by atoms with E-state index in [1.165, 1.54) is 32.5 Å². The molecule has 0 unspecified atom stereocenters. The molecule has 0 aliphatic carbocycles. The monoisotopic (exact) mass is 340 g/mol. The van der Waals surface area contributed by atoms with Gasteiger partial charge in [0, 0.05) is 19.0 Å². The molecule has 1 aromatic heterocycles. The fourth-order valence-corrected chi connectivity index (χ4v) is 3.07. The van der Waals surface area contributed by atoms with Gasteiger partial charge in [-0.2, -0.15) is 0 Å². The van der Waals surface area contributed by atoms with Crippen LogP contribution in [0, 0.1) is 5.92 Å². The molecule has 4 nitrogen and oxygen atoms in total. The van der Waals surface area contributed by atoms with Gasteiger partial charge in [-0.3, -0.25) is 0 Å². The lowest BCUT2D eigenvalue weighted by Gasteiger charge is -2.31. The standard InChI is InChI=1S/C15H25BrN4/c1-3-5-14-18-13(16)10-15(19-14)17-11-12-6-8-20(4-2)9-7-12/h10,12H,3-9,11H2,1-2H3,(H,17,18,19). The summed E-state index contributed by atoms with van der Waals surface area (Å²) in [5, 5.41) is 3.49. The summed E-state index contributed by atoms with van der Waals surface area (Å²) in [7, 11) is 0. The van der Waals surface area contributed by atoms with Crippen LogP contribution in [0.3, 0.4) is 0 Å². The Bertz CT molecular complexity index is 416. The van der Waals surface area contributed by atoms with Crippen molar-refractivity contribution in [2.75, 3.05) is 31.5 Å². The van der Waals surface area contributed by atoms with Gasteiger partial charge in [-0.1, -0.05) is 13.8 Å². The lowest BCUT2D eigenvalue weighted by molar-refractivity contribution is 0.198. The minimum Gasteiger partial charge on any atom is -0.370 e. The Morgan fingerprint density at radius 2 is 2.05 bits per heavy atom. The van der Waals surface area contributed by atoms with Crippen LogP contribution in [-0.4, -0.2) is 41.0 Å². The van der Waals surface area contributed by atoms with Gasteiger partial charge in [0.05, 0.1) is 0 Å². The molecule has 0 amide bonds. The van der Waals surface area contributed by atoms with Crippen LogP contribution in [0.1, 0.15) is 38.9 Å². The second-order valence-corrected chi connectivity index (χ2v) is 6.31. The van der Waals surface area contributed by atoms with E-state index in [9.17, 15) is 0 Å². The van der Waals surface area contributed by atoms with Gasteiger partial charge in [-0.25, -0.2) is 9.97 Å². The number of nitrogens with one attached hydrogen (secondary N) is 1. The predicted octanol–water partition coefficient (Wildman–Crippen LogP) is 3.34. The van der Waals surface area contributed by atoms with Gasteiger partial charge in [-0.15, -0.1) is 0 Å². The summed E-state index contributed by atoms with van der Waals surface area (Å²) in [5.74, 6) is 2.64. The highest BCUT2D eigenvalue weighted by Crippen LogP contribution is 2.19. The summed E-state index contributed by atoms with van der Waals surface area (Å²) in [6.45, 7) is 9.06. The van der Waals surface area contributed by atoms with Crippen molar-refractivity contribution in [3.8, 4) is 0 Å². The fraction of sp³-hybridized carbons (Fsp3) is 0.733. The van der Waals surface area contributed by atoms with Crippen molar-refractivity contribution in [2.45, 2.75) is 39.5 Å². The van der Waals surface area contributed by atoms with E-state index >= 15 is 0 Å². The molecular weight excluding hydrogens is 316 g/mol. The summed E-state index contributed by atoms with van der Waals surface area (Å²) >= 11 is 3.47. The first kappa shape index (κ1) is 15.7. The highest BCUT2D eigenvalue weighted by atomic mass is 79.9. The van der Waals surface area contributed by atoms with E-state index < -0.39 is 0 Å². The molecule has 2 heterocycles. The number of likely N-dealkylation sites (tertiary alicyclic amines) is 1. The Labute approximate surface area is 130 Å². The Morgan fingerprint density at radius 1 is 1.30 bits per heavy atom. The maximum Gasteiger partial charge on any atom is 0.132 e. The minimum atomic E-state index is 0.765. The van der Waals surface area contributed by atoms with Gasteiger partial charge in [0.2, 0.25) is 0 Å². The number of halogens is 1. The van der Waals surface area contributed by atoms with E-state index in [4.69, 9.17) is 0 Å². The van der Waals surface area contributed by atoms with Crippen molar-refractivity contribution >= 4 is 21.7 Å². The normalized spacial score (nSPS) is 17.4. The quantitative estimate of drug-likeness (QED) is 0.806. The van der Waals surface area contributed by atoms with Gasteiger partial charge in [-0.05, 0) is 60.7 Å². The Balaban J connectivity index is 1.84. The van der Waals surface area contributed by atoms with Crippen molar-refractivity contribution in [1.82, 2.24) is 14.9 Å². The summed E-state index contributed by atoms with van der Waals surface area (Å²) < 4.78 is 0.874. The second kappa shape index (κ2) is 7.93. The molecule has 20 heavy (non-hydrogen) atoms. The maximum absolute atomic E-state index is 4.58. The molecule has 0 bridgehead atoms. The molecule has 1 aliphatic heterocycles. The zero-order chi connectivity index (χ0) is 14.4. The maximum atomic E-state index is 4.58. The average Bonchev–Trinajstić information content (AvgIpc) is 2.45. The number of nitrogens with zero attached hydrogens (tertiary/aromatic N) is 3. The molecule has 0 spiro atoms. The lowest BCUT2D eigenvalue weighted by Crippen LogP contribution is -2.35. The molecule has 1 fully saturated rings. The Kier molecular flexibility index (Phi) is 6.23. The molecule has 0 atom stereocenters. The first-order valence-electron chi connectivity index (χ1n) is 7.71. The van der Waals surface area contributed by atoms with E-state index in [1.54, 1.807) is 0 Å². The van der Waals surface area contributed by atoms with E-state index in [1.807, 2.05) is 6.07 Å². The summed E-state index contributed by atoms with van der Waals surface area (Å²) in [6.07, 6.45) is 4.58. The van der Waals surface area contributed by atoms with Crippen LogP contribution in [0.4, 0.5) is 5.82 Å². The minimum absolute atomic E-state index is 0.765. The first-order chi connectivity index (χ1) is 9.71. The number of hydrogen-bond donors (Lipinski definition) is 1. The van der Waals surface area contributed by atoms with Crippen molar-refractivity contribution in [2.24, 2.45) is 5.92 Å². The number of hydrogen-bond acceptors (Lipinski definition) is 4. The van der Waals surface area contributed by atoms with Crippen molar-refractivity contribution in [3.63, 3.8) is 0 Å². The molecule has 1 saturated heterocycles. The molecule has 2 rings (SSSR count). The molecule has 1 N–H and O–H groups in total. The van der Waals surface area contributed by atoms with E-state index in [0.717, 1.165) is 41.5 Å². The van der Waals surface area contributed by atoms with Crippen LogP contribution in [0.25, 0.3) is 0 Å². The van der Waals surface area contributed by atoms with Crippen molar-refractivity contribution < 1.29 is 0 Å². The Hall–Kier alpha value is -0.680. The third kappa shape index (κ3) is 4.70. The number of piperidine rings is 1. The summed E-state index contributed by atoms with van der Waals surface area (Å²) in [4.78, 5) is 11.5. The van der Waals surface area contributed by atoms with Crippen LogP contribution in [0.15, 0.2) is 10.7 Å². The van der Waals surface area contributed by atoms with Gasteiger partial charge in [0.1, 0.15) is 16.2 Å². The molecular formula is C15H25BrN4. The summed E-state index contributed by atoms with van der Waals surface area (Å²) in [5.41, 5.74) is 0. The van der Waals surface area contributed by atoms with Crippen LogP contribution < -0.4 is 5.32 Å². The third-order valence-corrected chi connectivity index (χ3v) is 4.35. The van der Waals surface area contributed by atoms with Gasteiger partial charge in [0.15, 0.2) is 0 Å². The smallest absolute Gasteiger partial charge is 0.132 e. The second-order valence-electron chi connectivity index (χ2n) is 5.50. The lowest BCUT2D eigenvalue weighted by atomic mass is 9.97. The number of aryl methyl sites for hydroxylation is 1. The first-order valence-corrected chi connectivity index (χ1v) is 8.50. The molecule has 0 radical (unpaired) electrons. The topological polar surface area (TPSA) is 41.1 Å². The van der Waals surface area contributed by atoms with Gasteiger partial charge >= 0.3 is 0 Å². The molecule has 0 aromatic carbocycles. The number of rotatable bonds is 6. The average molecular weight is 341 g/mol. The highest BCUT2D eigenvalue weighted by Gasteiger charge is 2.17. The van der Waals surface area contributed by atoms with E-state index in [0.29, 0.717) is 0 Å². The largest absolute Gasteiger partial charge is 0.370 e. The van der Waals surface area contributed by atoms with Gasteiger partial charge < -0.3 is 10.2 Å². The van der Waals surface area contributed by atoms with E-state index in [2.05, 4.69) is 50.0 Å². The SMILES string of the molecule is CCCc1nc(Br)cc(NCC2CCN(CC)CC2)n1. The van der Waals surface area contributed by atoms with Gasteiger partial charge in [0.25, 0.3) is 0 Å². The highest BCUT2D eigenvalue weighted by molar-refractivity contribution is 9.10. The van der Waals surface area contributed by atoms with E-state index in [-0.39, 0.29) is 0 Å². The van der Waals surface area contributed by atoms with Crippen LogP contribution in [0.5, 0.6) is 0 Å². The molecule has 112 valence electrons. The van der Waals surface area contributed by atoms with Crippen LogP contribution in [-0.2, 0) is 6.42 Å². The van der Waals surface area contributed by atoms with Crippen LogP contribution >= 0.6 is 15.9 Å². The van der Waals surface area contributed by atoms with Crippen molar-refractivity contribution in [1.29, 1.82) is 0 Å². The van der Waals surface area contributed by atoms with Crippen molar-refractivity contribution in [3.05, 3.63) is 16.5 Å².